The highest BCUT2D eigenvalue weighted by Crippen LogP contribution is 2.38. The minimum absolute atomic E-state index is 0.103. The molecule has 0 radical (unpaired) electrons. The van der Waals surface area contributed by atoms with E-state index in [1.807, 2.05) is 0 Å². The molecule has 3 aromatic carbocycles. The average molecular weight is 747 g/mol. The second kappa shape index (κ2) is 13.1. The van der Waals surface area contributed by atoms with Crippen molar-refractivity contribution in [1.29, 1.82) is 0 Å². The van der Waals surface area contributed by atoms with Crippen molar-refractivity contribution < 1.29 is 27.4 Å². The molecule has 2 heterocycles. The lowest BCUT2D eigenvalue weighted by Gasteiger charge is -2.26. The molecule has 0 N–H and O–H groups in total. The number of nitrogens with zero attached hydrogens (tertiary/aromatic N) is 2. The number of alkyl halides is 3. The quantitative estimate of drug-likeness (QED) is 0.183. The molecule has 5 rings (SSSR count). The van der Waals surface area contributed by atoms with E-state index in [1.54, 1.807) is 36.4 Å². The van der Waals surface area contributed by atoms with Crippen molar-refractivity contribution in [3.8, 4) is 5.75 Å². The number of hydrogen-bond donors (Lipinski definition) is 0. The normalized spacial score (nSPS) is 15.2. The molecule has 4 aromatic rings. The molecule has 0 fully saturated rings. The van der Waals surface area contributed by atoms with Gasteiger partial charge in [0.15, 0.2) is 10.5 Å². The van der Waals surface area contributed by atoms with Crippen molar-refractivity contribution in [1.82, 2.24) is 4.57 Å². The molecule has 0 unspecified atom stereocenters. The largest absolute Gasteiger partial charge is 0.488 e. The highest BCUT2D eigenvalue weighted by Gasteiger charge is 2.45. The van der Waals surface area contributed by atoms with Crippen LogP contribution in [0, 0.1) is 0 Å². The van der Waals surface area contributed by atoms with Gasteiger partial charge in [-0.1, -0.05) is 70.4 Å². The van der Waals surface area contributed by atoms with Gasteiger partial charge in [-0.25, -0.2) is 9.79 Å². The van der Waals surface area contributed by atoms with Crippen LogP contribution in [0.4, 0.5) is 13.2 Å². The predicted molar refractivity (Wildman–Crippen MR) is 167 cm³/mol. The van der Waals surface area contributed by atoms with Crippen LogP contribution >= 0.6 is 62.1 Å². The van der Waals surface area contributed by atoms with Gasteiger partial charge in [0.1, 0.15) is 12.4 Å². The second-order valence-electron chi connectivity index (χ2n) is 9.34. The number of esters is 1. The van der Waals surface area contributed by atoms with Crippen molar-refractivity contribution in [2.75, 3.05) is 6.61 Å². The van der Waals surface area contributed by atoms with E-state index >= 15 is 0 Å². The van der Waals surface area contributed by atoms with Crippen LogP contribution in [0.1, 0.15) is 29.7 Å². The molecule has 44 heavy (non-hydrogen) atoms. The number of hydrogen-bond acceptors (Lipinski definition) is 6. The number of benzene rings is 3. The zero-order valence-electron chi connectivity index (χ0n) is 22.4. The summed E-state index contributed by atoms with van der Waals surface area (Å²) < 4.78 is 55.5. The molecule has 228 valence electrons. The Hall–Kier alpha value is -3.09. The fraction of sp³-hybridized carbons (Fsp3) is 0.167. The summed E-state index contributed by atoms with van der Waals surface area (Å²) in [5, 5.41) is 1.16. The zero-order chi connectivity index (χ0) is 31.8. The monoisotopic (exact) mass is 744 g/mol. The van der Waals surface area contributed by atoms with Crippen LogP contribution < -0.4 is 19.6 Å². The van der Waals surface area contributed by atoms with Gasteiger partial charge < -0.3 is 9.47 Å². The molecule has 1 atom stereocenters. The van der Waals surface area contributed by atoms with Gasteiger partial charge >= 0.3 is 12.1 Å². The minimum atomic E-state index is -5.00. The van der Waals surface area contributed by atoms with Crippen LogP contribution in [0.15, 0.2) is 86.2 Å². The van der Waals surface area contributed by atoms with Gasteiger partial charge in [-0.05, 0) is 82.0 Å². The summed E-state index contributed by atoms with van der Waals surface area (Å²) in [6, 6.07) is 14.6. The highest BCUT2D eigenvalue weighted by molar-refractivity contribution is 9.10. The maximum atomic E-state index is 14.3. The lowest BCUT2D eigenvalue weighted by atomic mass is 9.95. The van der Waals surface area contributed by atoms with Crippen molar-refractivity contribution in [2.24, 2.45) is 4.99 Å². The van der Waals surface area contributed by atoms with E-state index < -0.39 is 35.0 Å². The first-order valence-corrected chi connectivity index (χ1v) is 15.5. The summed E-state index contributed by atoms with van der Waals surface area (Å²) in [6.45, 7) is 1.51. The van der Waals surface area contributed by atoms with Crippen LogP contribution in [-0.4, -0.2) is 23.3 Å². The Morgan fingerprint density at radius 1 is 1.07 bits per heavy atom. The van der Waals surface area contributed by atoms with Gasteiger partial charge in [0.25, 0.3) is 5.56 Å². The molecule has 0 amide bonds. The molecule has 14 heteroatoms. The number of aromatic nitrogens is 1. The molecule has 0 bridgehead atoms. The fourth-order valence-electron chi connectivity index (χ4n) is 4.47. The summed E-state index contributed by atoms with van der Waals surface area (Å²) in [7, 11) is 0. The molecule has 0 saturated heterocycles. The number of allylic oxidation sites excluding steroid dienone is 1. The topological polar surface area (TPSA) is 69.9 Å². The SMILES string of the molecule is CCOC(=O)C1=C(C(F)(F)F)N=c2s/c(=C\c3ccc(OCc4ccc(Cl)c(Cl)c4)c(Br)c3)c(=O)n2[C@@H]1c1ccc(Cl)cc1. The van der Waals surface area contributed by atoms with E-state index in [-0.39, 0.29) is 28.1 Å². The first-order valence-electron chi connectivity index (χ1n) is 12.8. The summed E-state index contributed by atoms with van der Waals surface area (Å²) in [4.78, 5) is 30.2. The lowest BCUT2D eigenvalue weighted by molar-refractivity contribution is -0.140. The molecule has 6 nitrogen and oxygen atoms in total. The molecule has 1 aliphatic rings. The summed E-state index contributed by atoms with van der Waals surface area (Å²) in [5.41, 5.74) is -1.25. The van der Waals surface area contributed by atoms with Crippen LogP contribution in [0.25, 0.3) is 6.08 Å². The Morgan fingerprint density at radius 3 is 2.43 bits per heavy atom. The van der Waals surface area contributed by atoms with Gasteiger partial charge in [-0.2, -0.15) is 13.2 Å². The molecular formula is C30H19BrCl3F3N2O4S. The molecule has 0 saturated carbocycles. The van der Waals surface area contributed by atoms with Crippen LogP contribution in [-0.2, 0) is 16.1 Å². The Morgan fingerprint density at radius 2 is 1.80 bits per heavy atom. The third kappa shape index (κ3) is 6.77. The van der Waals surface area contributed by atoms with Gasteiger partial charge in [-0.3, -0.25) is 9.36 Å². The zero-order valence-corrected chi connectivity index (χ0v) is 27.1. The Kier molecular flexibility index (Phi) is 9.62. The number of carbonyl (C=O) groups is 1. The van der Waals surface area contributed by atoms with E-state index in [4.69, 9.17) is 44.3 Å². The summed E-state index contributed by atoms with van der Waals surface area (Å²) in [6.07, 6.45) is -3.47. The Labute approximate surface area is 275 Å². The number of carbonyl (C=O) groups excluding carboxylic acids is 1. The first-order chi connectivity index (χ1) is 20.9. The van der Waals surface area contributed by atoms with E-state index in [0.29, 0.717) is 30.9 Å². The molecule has 1 aromatic heterocycles. The number of fused-ring (bicyclic) bond motifs is 1. The molecule has 0 aliphatic carbocycles. The fourth-order valence-corrected chi connectivity index (χ4v) is 6.43. The third-order valence-corrected chi connectivity index (χ3v) is 9.01. The van der Waals surface area contributed by atoms with Gasteiger partial charge in [-0.15, -0.1) is 0 Å². The average Bonchev–Trinajstić information content (AvgIpc) is 3.28. The maximum Gasteiger partial charge on any atom is 0.434 e. The van der Waals surface area contributed by atoms with Gasteiger partial charge in [0.05, 0.1) is 37.3 Å². The van der Waals surface area contributed by atoms with E-state index in [9.17, 15) is 22.8 Å². The number of ether oxygens (including phenoxy) is 2. The molecule has 0 spiro atoms. The Bertz CT molecular complexity index is 1980. The summed E-state index contributed by atoms with van der Waals surface area (Å²) >= 11 is 22.3. The maximum absolute atomic E-state index is 14.3. The predicted octanol–water partition coefficient (Wildman–Crippen LogP) is 7.64. The van der Waals surface area contributed by atoms with Gasteiger partial charge in [0, 0.05) is 5.02 Å². The van der Waals surface area contributed by atoms with E-state index in [1.165, 1.54) is 37.3 Å². The number of rotatable bonds is 7. The standard InChI is InChI=1S/C30H19BrCl3F3N2O4S/c1-2-42-28(41)24-25(17-5-7-18(32)8-6-17)39-27(40)23(44-29(39)38-26(24)30(35,36)37)13-15-4-10-22(19(31)11-15)43-14-16-3-9-20(33)21(34)12-16/h3-13,25H,2,14H2,1H3/b23-13-/t25-/m1/s1. The van der Waals surface area contributed by atoms with Gasteiger partial charge in [0.2, 0.25) is 0 Å². The van der Waals surface area contributed by atoms with Crippen LogP contribution in [0.5, 0.6) is 5.75 Å². The highest BCUT2D eigenvalue weighted by atomic mass is 79.9. The van der Waals surface area contributed by atoms with E-state index in [2.05, 4.69) is 20.9 Å². The summed E-state index contributed by atoms with van der Waals surface area (Å²) in [5.74, 6) is -0.718. The van der Waals surface area contributed by atoms with E-state index in [0.717, 1.165) is 21.5 Å². The molecule has 1 aliphatic heterocycles. The number of thiazole rings is 1. The minimum Gasteiger partial charge on any atom is -0.488 e. The number of halogens is 7. The van der Waals surface area contributed by atoms with Crippen molar-refractivity contribution >= 4 is 74.1 Å². The smallest absolute Gasteiger partial charge is 0.434 e. The van der Waals surface area contributed by atoms with Crippen LogP contribution in [0.3, 0.4) is 0 Å². The Balaban J connectivity index is 1.57. The van der Waals surface area contributed by atoms with Crippen molar-refractivity contribution in [2.45, 2.75) is 25.7 Å². The van der Waals surface area contributed by atoms with Crippen LogP contribution in [0.2, 0.25) is 15.1 Å². The molecular weight excluding hydrogens is 728 g/mol. The van der Waals surface area contributed by atoms with Crippen molar-refractivity contribution in [3.63, 3.8) is 0 Å². The third-order valence-electron chi connectivity index (χ3n) is 6.41. The first kappa shape index (κ1) is 32.3. The second-order valence-corrected chi connectivity index (χ2v) is 12.5. The lowest BCUT2D eigenvalue weighted by Crippen LogP contribution is -2.41. The van der Waals surface area contributed by atoms with Crippen molar-refractivity contribution in [3.05, 3.63) is 128 Å².